The van der Waals surface area contributed by atoms with E-state index in [2.05, 4.69) is 26.1 Å². The number of amides is 1. The van der Waals surface area contributed by atoms with Crippen molar-refractivity contribution in [1.29, 1.82) is 0 Å². The average Bonchev–Trinajstić information content (AvgIpc) is 2.68. The number of ether oxygens (including phenoxy) is 1. The number of nitrogens with zero attached hydrogens (tertiary/aromatic N) is 1. The molecule has 0 radical (unpaired) electrons. The molecule has 1 heterocycles. The molecular weight excluding hydrogens is 240 g/mol. The minimum atomic E-state index is 0.0193. The predicted molar refractivity (Wildman–Crippen MR) is 76.0 cm³/mol. The first kappa shape index (κ1) is 14.8. The van der Waals surface area contributed by atoms with Crippen molar-refractivity contribution >= 4 is 5.91 Å². The summed E-state index contributed by atoms with van der Waals surface area (Å²) in [7, 11) is 1.88. The number of unbranched alkanes of at least 4 members (excludes halogenated alkanes) is 1. The summed E-state index contributed by atoms with van der Waals surface area (Å²) in [5.41, 5.74) is 0.134. The van der Waals surface area contributed by atoms with Crippen LogP contribution in [0, 0.1) is 5.41 Å². The highest BCUT2D eigenvalue weighted by Gasteiger charge is 2.50. The molecule has 1 saturated heterocycles. The number of nitrogens with one attached hydrogen (secondary N) is 1. The largest absolute Gasteiger partial charge is 0.378 e. The summed E-state index contributed by atoms with van der Waals surface area (Å²) in [6.45, 7) is 8.41. The Hall–Kier alpha value is -0.610. The van der Waals surface area contributed by atoms with Gasteiger partial charge in [-0.2, -0.15) is 0 Å². The third kappa shape index (κ3) is 2.95. The molecule has 1 aliphatic carbocycles. The molecule has 0 bridgehead atoms. The fraction of sp³-hybridized carbons (Fsp3) is 0.933. The van der Waals surface area contributed by atoms with Gasteiger partial charge >= 0.3 is 0 Å². The summed E-state index contributed by atoms with van der Waals surface area (Å²) in [6.07, 6.45) is 4.62. The molecule has 2 aliphatic rings. The van der Waals surface area contributed by atoms with Crippen molar-refractivity contribution in [3.8, 4) is 0 Å². The smallest absolute Gasteiger partial charge is 0.239 e. The van der Waals surface area contributed by atoms with Crippen LogP contribution < -0.4 is 5.32 Å². The number of likely N-dealkylation sites (tertiary alicyclic amines) is 1. The summed E-state index contributed by atoms with van der Waals surface area (Å²) in [5.74, 6) is 0.242. The molecule has 2 fully saturated rings. The second-order valence-electron chi connectivity index (χ2n) is 6.59. The number of carbonyl (C=O) groups is 1. The van der Waals surface area contributed by atoms with Crippen molar-refractivity contribution in [1.82, 2.24) is 10.2 Å². The minimum Gasteiger partial charge on any atom is -0.378 e. The molecule has 1 N–H and O–H groups in total. The van der Waals surface area contributed by atoms with Crippen molar-refractivity contribution in [2.45, 2.75) is 64.6 Å². The average molecular weight is 268 g/mol. The van der Waals surface area contributed by atoms with Gasteiger partial charge in [0.15, 0.2) is 0 Å². The lowest BCUT2D eigenvalue weighted by Crippen LogP contribution is -2.63. The highest BCUT2D eigenvalue weighted by molar-refractivity contribution is 5.83. The van der Waals surface area contributed by atoms with E-state index in [4.69, 9.17) is 4.74 Å². The summed E-state index contributed by atoms with van der Waals surface area (Å²) < 4.78 is 5.94. The van der Waals surface area contributed by atoms with Gasteiger partial charge in [0.2, 0.25) is 5.91 Å². The van der Waals surface area contributed by atoms with Gasteiger partial charge in [0.1, 0.15) is 0 Å². The molecule has 19 heavy (non-hydrogen) atoms. The molecule has 1 amide bonds. The molecule has 0 aromatic carbocycles. The molecule has 0 spiro atoms. The van der Waals surface area contributed by atoms with Crippen LogP contribution in [0.5, 0.6) is 0 Å². The summed E-state index contributed by atoms with van der Waals surface area (Å²) >= 11 is 0. The first-order valence-electron chi connectivity index (χ1n) is 7.59. The minimum absolute atomic E-state index is 0.0193. The topological polar surface area (TPSA) is 41.6 Å². The zero-order valence-electron chi connectivity index (χ0n) is 12.7. The van der Waals surface area contributed by atoms with E-state index >= 15 is 0 Å². The van der Waals surface area contributed by atoms with Crippen molar-refractivity contribution in [2.75, 3.05) is 20.2 Å². The number of rotatable bonds is 6. The second-order valence-corrected chi connectivity index (χ2v) is 6.59. The van der Waals surface area contributed by atoms with E-state index in [1.165, 1.54) is 6.42 Å². The van der Waals surface area contributed by atoms with Gasteiger partial charge in [-0.1, -0.05) is 27.2 Å². The van der Waals surface area contributed by atoms with Crippen LogP contribution in [0.4, 0.5) is 0 Å². The normalized spacial score (nSPS) is 33.6. The Morgan fingerprint density at radius 2 is 2.21 bits per heavy atom. The van der Waals surface area contributed by atoms with Crippen molar-refractivity contribution in [3.63, 3.8) is 0 Å². The van der Waals surface area contributed by atoms with Crippen LogP contribution in [-0.4, -0.2) is 49.2 Å². The Morgan fingerprint density at radius 1 is 1.47 bits per heavy atom. The van der Waals surface area contributed by atoms with Gasteiger partial charge in [0.25, 0.3) is 0 Å². The Kier molecular flexibility index (Phi) is 4.51. The van der Waals surface area contributed by atoms with Gasteiger partial charge in [-0.05, 0) is 19.3 Å². The molecule has 110 valence electrons. The maximum Gasteiger partial charge on any atom is 0.239 e. The maximum absolute atomic E-state index is 11.9. The lowest BCUT2D eigenvalue weighted by molar-refractivity contribution is -0.134. The highest BCUT2D eigenvalue weighted by Crippen LogP contribution is 2.43. The molecule has 4 heteroatoms. The van der Waals surface area contributed by atoms with E-state index in [0.29, 0.717) is 12.1 Å². The van der Waals surface area contributed by atoms with E-state index in [9.17, 15) is 4.79 Å². The van der Waals surface area contributed by atoms with Crippen LogP contribution in [-0.2, 0) is 9.53 Å². The Bertz CT molecular complexity index is 330. The monoisotopic (exact) mass is 268 g/mol. The van der Waals surface area contributed by atoms with Crippen molar-refractivity contribution < 1.29 is 9.53 Å². The van der Waals surface area contributed by atoms with Crippen LogP contribution in [0.1, 0.15) is 46.5 Å². The van der Waals surface area contributed by atoms with Crippen LogP contribution in [0.15, 0.2) is 0 Å². The van der Waals surface area contributed by atoms with Gasteiger partial charge in [-0.3, -0.25) is 4.79 Å². The predicted octanol–water partition coefficient (Wildman–Crippen LogP) is 1.79. The van der Waals surface area contributed by atoms with Gasteiger partial charge in [-0.25, -0.2) is 0 Å². The molecule has 2 rings (SSSR count). The molecular formula is C15H28N2O2. The van der Waals surface area contributed by atoms with E-state index < -0.39 is 0 Å². The van der Waals surface area contributed by atoms with E-state index in [1.54, 1.807) is 0 Å². The lowest BCUT2D eigenvalue weighted by Gasteiger charge is -2.52. The lowest BCUT2D eigenvalue weighted by atomic mass is 9.64. The van der Waals surface area contributed by atoms with Crippen LogP contribution in [0.3, 0.4) is 0 Å². The zero-order valence-corrected chi connectivity index (χ0v) is 12.7. The third-order valence-corrected chi connectivity index (χ3v) is 4.82. The zero-order chi connectivity index (χ0) is 14.0. The first-order valence-corrected chi connectivity index (χ1v) is 7.59. The van der Waals surface area contributed by atoms with E-state index in [-0.39, 0.29) is 17.4 Å². The Balaban J connectivity index is 1.79. The fourth-order valence-electron chi connectivity index (χ4n) is 3.04. The molecule has 0 unspecified atom stereocenters. The quantitative estimate of drug-likeness (QED) is 0.747. The van der Waals surface area contributed by atoms with Gasteiger partial charge < -0.3 is 15.0 Å². The van der Waals surface area contributed by atoms with Crippen LogP contribution in [0.25, 0.3) is 0 Å². The Morgan fingerprint density at radius 3 is 2.74 bits per heavy atom. The molecule has 0 aromatic rings. The van der Waals surface area contributed by atoms with E-state index in [1.807, 2.05) is 11.9 Å². The number of hydrogen-bond donors (Lipinski definition) is 1. The van der Waals surface area contributed by atoms with E-state index in [0.717, 1.165) is 32.4 Å². The molecule has 1 saturated carbocycles. The van der Waals surface area contributed by atoms with Gasteiger partial charge in [0.05, 0.1) is 12.1 Å². The van der Waals surface area contributed by atoms with Crippen molar-refractivity contribution in [2.24, 2.45) is 5.41 Å². The summed E-state index contributed by atoms with van der Waals surface area (Å²) in [4.78, 5) is 13.7. The summed E-state index contributed by atoms with van der Waals surface area (Å²) in [5, 5.41) is 3.53. The van der Waals surface area contributed by atoms with Gasteiger partial charge in [-0.15, -0.1) is 0 Å². The number of carbonyl (C=O) groups excluding carboxylic acids is 1. The third-order valence-electron chi connectivity index (χ3n) is 4.82. The SMILES string of the molecule is CCCCO[C@H]1C[C@@H](N[C@@H]2CCN(C)C2=O)C1(C)C. The highest BCUT2D eigenvalue weighted by atomic mass is 16.5. The molecule has 4 nitrogen and oxygen atoms in total. The standard InChI is InChI=1S/C15H28N2O2/c1-5-6-9-19-13-10-12(15(13,2)3)16-11-7-8-17(4)14(11)18/h11-13,16H,5-10H2,1-4H3/t11-,12-,13+/m1/s1. The second kappa shape index (κ2) is 5.80. The first-order chi connectivity index (χ1) is 8.96. The van der Waals surface area contributed by atoms with Crippen molar-refractivity contribution in [3.05, 3.63) is 0 Å². The van der Waals surface area contributed by atoms with Crippen LogP contribution >= 0.6 is 0 Å². The number of hydrogen-bond acceptors (Lipinski definition) is 3. The molecule has 3 atom stereocenters. The fourth-order valence-corrected chi connectivity index (χ4v) is 3.04. The van der Waals surface area contributed by atoms with Gasteiger partial charge in [0, 0.05) is 31.7 Å². The number of likely N-dealkylation sites (N-methyl/N-ethyl adjacent to an activating group) is 1. The van der Waals surface area contributed by atoms with Crippen LogP contribution in [0.2, 0.25) is 0 Å². The Labute approximate surface area is 116 Å². The maximum atomic E-state index is 11.9. The summed E-state index contributed by atoms with van der Waals surface area (Å²) in [6, 6.07) is 0.422. The molecule has 0 aromatic heterocycles. The molecule has 1 aliphatic heterocycles.